The third kappa shape index (κ3) is 9.04. The Hall–Kier alpha value is -5.80. The zero-order valence-electron chi connectivity index (χ0n) is 30.5. The van der Waals surface area contributed by atoms with Crippen molar-refractivity contribution >= 4 is 17.2 Å². The second kappa shape index (κ2) is 16.9. The molecule has 0 bridgehead atoms. The van der Waals surface area contributed by atoms with E-state index in [-0.39, 0.29) is 18.2 Å². The van der Waals surface area contributed by atoms with Crippen LogP contribution in [-0.2, 0) is 24.4 Å². The number of hydrogen-bond acceptors (Lipinski definition) is 6. The fourth-order valence-electron chi connectivity index (χ4n) is 6.69. The lowest BCUT2D eigenvalue weighted by molar-refractivity contribution is -0.122. The molecule has 1 unspecified atom stereocenters. The van der Waals surface area contributed by atoms with Gasteiger partial charge < -0.3 is 19.1 Å². The second-order valence-corrected chi connectivity index (χ2v) is 13.9. The van der Waals surface area contributed by atoms with Gasteiger partial charge in [0.25, 0.3) is 0 Å². The van der Waals surface area contributed by atoms with E-state index in [2.05, 4.69) is 78.3 Å². The van der Waals surface area contributed by atoms with Crippen molar-refractivity contribution in [3.05, 3.63) is 161 Å². The van der Waals surface area contributed by atoms with Crippen LogP contribution in [0.25, 0.3) is 10.8 Å². The first-order valence-electron chi connectivity index (χ1n) is 18.3. The summed E-state index contributed by atoms with van der Waals surface area (Å²) in [4.78, 5) is 20.7. The highest BCUT2D eigenvalue weighted by molar-refractivity contribution is 5.84. The maximum atomic E-state index is 13.9. The predicted molar refractivity (Wildman–Crippen MR) is 206 cm³/mol. The number of fused-ring (bicyclic) bond motifs is 1. The van der Waals surface area contributed by atoms with Crippen LogP contribution < -0.4 is 14.2 Å². The van der Waals surface area contributed by atoms with E-state index in [1.54, 1.807) is 12.1 Å². The molecule has 0 spiro atoms. The van der Waals surface area contributed by atoms with Crippen LogP contribution in [0.5, 0.6) is 23.1 Å². The average molecular weight is 728 g/mol. The van der Waals surface area contributed by atoms with Crippen molar-refractivity contribution in [1.82, 2.24) is 14.8 Å². The lowest BCUT2D eigenvalue weighted by Crippen LogP contribution is -2.47. The van der Waals surface area contributed by atoms with Crippen LogP contribution in [0.2, 0.25) is 0 Å². The van der Waals surface area contributed by atoms with Gasteiger partial charge in [-0.25, -0.2) is 13.8 Å². The van der Waals surface area contributed by atoms with E-state index < -0.39 is 11.6 Å². The number of rotatable bonds is 14. The molecular formula is C45H43F2N3O4. The Morgan fingerprint density at radius 3 is 2.30 bits per heavy atom. The third-order valence-corrected chi connectivity index (χ3v) is 9.85. The second-order valence-electron chi connectivity index (χ2n) is 13.9. The van der Waals surface area contributed by atoms with Gasteiger partial charge in [-0.3, -0.25) is 9.69 Å². The Labute approximate surface area is 314 Å². The minimum Gasteiger partial charge on any atom is -0.493 e. The van der Waals surface area contributed by atoms with Crippen molar-refractivity contribution in [2.75, 3.05) is 26.2 Å². The summed E-state index contributed by atoms with van der Waals surface area (Å²) in [5.74, 6) is 0.956. The largest absolute Gasteiger partial charge is 0.493 e. The number of hydrogen-bond donors (Lipinski definition) is 0. The van der Waals surface area contributed by atoms with E-state index >= 15 is 0 Å². The fraction of sp³-hybridized carbons (Fsp3) is 0.244. The Bertz CT molecular complexity index is 2180. The monoisotopic (exact) mass is 727 g/mol. The molecule has 54 heavy (non-hydrogen) atoms. The molecule has 1 saturated heterocycles. The van der Waals surface area contributed by atoms with E-state index in [0.717, 1.165) is 60.6 Å². The SMILES string of the molecule is CC(C)c1ccc(OCCc2ccc(CN3CCN(C=O)C(c4ccc5cc(Oc6ccc(OCc7cccc(F)c7F)cn6)ccc5c4)C3)cc2)cc1. The van der Waals surface area contributed by atoms with E-state index in [4.69, 9.17) is 14.2 Å². The van der Waals surface area contributed by atoms with E-state index in [0.29, 0.717) is 36.4 Å². The van der Waals surface area contributed by atoms with Crippen LogP contribution in [0, 0.1) is 11.6 Å². The standard InChI is InChI=1S/C45H43F2N3O4/c1-31(2)34-12-15-39(16-13-34)52-23-20-32-6-8-33(9-7-32)27-49-21-22-50(30-51)43(28-49)37-11-10-36-25-40(17-14-35(36)24-37)54-44-19-18-41(26-48-44)53-29-38-4-3-5-42(46)45(38)47/h3-19,24-26,30-31,43H,20-23,27-29H2,1-2H3. The van der Waals surface area contributed by atoms with Crippen LogP contribution in [0.3, 0.4) is 0 Å². The number of aromatic nitrogens is 1. The van der Waals surface area contributed by atoms with Crippen LogP contribution in [-0.4, -0.2) is 47.4 Å². The number of halogens is 2. The first-order valence-corrected chi connectivity index (χ1v) is 18.3. The van der Waals surface area contributed by atoms with Gasteiger partial charge in [-0.15, -0.1) is 0 Å². The zero-order chi connectivity index (χ0) is 37.4. The molecule has 0 aliphatic carbocycles. The molecule has 276 valence electrons. The first-order chi connectivity index (χ1) is 26.3. The maximum absolute atomic E-state index is 13.9. The Morgan fingerprint density at radius 1 is 0.796 bits per heavy atom. The van der Waals surface area contributed by atoms with Gasteiger partial charge in [0.15, 0.2) is 11.6 Å². The molecule has 0 N–H and O–H groups in total. The summed E-state index contributed by atoms with van der Waals surface area (Å²) in [6.07, 6.45) is 3.28. The lowest BCUT2D eigenvalue weighted by atomic mass is 9.98. The minimum absolute atomic E-state index is 0.0649. The van der Waals surface area contributed by atoms with Gasteiger partial charge in [-0.1, -0.05) is 80.6 Å². The molecule has 1 amide bonds. The summed E-state index contributed by atoms with van der Waals surface area (Å²) in [7, 11) is 0. The number of piperazine rings is 1. The summed E-state index contributed by atoms with van der Waals surface area (Å²) in [5, 5.41) is 2.03. The van der Waals surface area contributed by atoms with E-state index in [1.807, 2.05) is 35.2 Å². The van der Waals surface area contributed by atoms with Crippen molar-refractivity contribution < 1.29 is 27.8 Å². The van der Waals surface area contributed by atoms with Crippen LogP contribution >= 0.6 is 0 Å². The van der Waals surface area contributed by atoms with Gasteiger partial charge in [0.2, 0.25) is 12.3 Å². The van der Waals surface area contributed by atoms with Crippen molar-refractivity contribution in [3.63, 3.8) is 0 Å². The number of benzene rings is 5. The Kier molecular flexibility index (Phi) is 11.4. The molecule has 1 atom stereocenters. The van der Waals surface area contributed by atoms with Crippen molar-refractivity contribution in [2.24, 2.45) is 0 Å². The summed E-state index contributed by atoms with van der Waals surface area (Å²) >= 11 is 0. The quantitative estimate of drug-likeness (QED) is 0.104. The minimum atomic E-state index is -0.921. The van der Waals surface area contributed by atoms with Crippen LogP contribution in [0.1, 0.15) is 53.6 Å². The molecule has 7 nitrogen and oxygen atoms in total. The summed E-state index contributed by atoms with van der Waals surface area (Å²) < 4.78 is 45.0. The smallest absolute Gasteiger partial charge is 0.219 e. The van der Waals surface area contributed by atoms with Gasteiger partial charge >= 0.3 is 0 Å². The van der Waals surface area contributed by atoms with Gasteiger partial charge in [-0.05, 0) is 81.4 Å². The molecule has 1 fully saturated rings. The molecule has 1 aliphatic rings. The maximum Gasteiger partial charge on any atom is 0.219 e. The molecule has 1 aliphatic heterocycles. The van der Waals surface area contributed by atoms with E-state index in [1.165, 1.54) is 35.0 Å². The Balaban J connectivity index is 0.928. The molecule has 0 saturated carbocycles. The van der Waals surface area contributed by atoms with Gasteiger partial charge in [-0.2, -0.15) is 0 Å². The topological polar surface area (TPSA) is 64.1 Å². The average Bonchev–Trinajstić information content (AvgIpc) is 3.19. The van der Waals surface area contributed by atoms with Crippen molar-refractivity contribution in [1.29, 1.82) is 0 Å². The van der Waals surface area contributed by atoms with Crippen LogP contribution in [0.4, 0.5) is 8.78 Å². The number of pyridine rings is 1. The number of nitrogens with zero attached hydrogens (tertiary/aromatic N) is 3. The van der Waals surface area contributed by atoms with Crippen molar-refractivity contribution in [2.45, 2.75) is 45.4 Å². The first kappa shape index (κ1) is 36.6. The lowest BCUT2D eigenvalue weighted by Gasteiger charge is -2.40. The van der Waals surface area contributed by atoms with Crippen molar-refractivity contribution in [3.8, 4) is 23.1 Å². The summed E-state index contributed by atoms with van der Waals surface area (Å²) in [5.41, 5.74) is 4.99. The highest BCUT2D eigenvalue weighted by atomic mass is 19.2. The molecule has 9 heteroatoms. The van der Waals surface area contributed by atoms with Gasteiger partial charge in [0.05, 0.1) is 18.8 Å². The highest BCUT2D eigenvalue weighted by Gasteiger charge is 2.27. The molecule has 6 aromatic rings. The summed E-state index contributed by atoms with van der Waals surface area (Å²) in [6, 6.07) is 36.5. The van der Waals surface area contributed by atoms with Crippen LogP contribution in [0.15, 0.2) is 121 Å². The fourth-order valence-corrected chi connectivity index (χ4v) is 6.69. The molecule has 7 rings (SSSR count). The number of amides is 1. The summed E-state index contributed by atoms with van der Waals surface area (Å²) in [6.45, 7) is 7.89. The molecule has 2 heterocycles. The molecule has 0 radical (unpaired) electrons. The zero-order valence-corrected chi connectivity index (χ0v) is 30.5. The molecule has 1 aromatic heterocycles. The molecule has 5 aromatic carbocycles. The van der Waals surface area contributed by atoms with Gasteiger partial charge in [0, 0.05) is 44.2 Å². The highest BCUT2D eigenvalue weighted by Crippen LogP contribution is 2.31. The Morgan fingerprint density at radius 2 is 1.54 bits per heavy atom. The third-order valence-electron chi connectivity index (χ3n) is 9.85. The van der Waals surface area contributed by atoms with E-state index in [9.17, 15) is 13.6 Å². The molecular weight excluding hydrogens is 685 g/mol. The predicted octanol–water partition coefficient (Wildman–Crippen LogP) is 9.64. The number of ether oxygens (including phenoxy) is 3. The number of carbonyl (C=O) groups is 1. The van der Waals surface area contributed by atoms with Gasteiger partial charge in [0.1, 0.15) is 23.9 Å². The normalized spacial score (nSPS) is 14.7. The number of carbonyl (C=O) groups excluding carboxylic acids is 1.